The van der Waals surface area contributed by atoms with Crippen LogP contribution in [0.3, 0.4) is 0 Å². The molecule has 0 fully saturated rings. The maximum Gasteiger partial charge on any atom is 0.472 e. The molecular formula is C54H91O11P. The van der Waals surface area contributed by atoms with Gasteiger partial charge in [-0.2, -0.15) is 0 Å². The van der Waals surface area contributed by atoms with Gasteiger partial charge in [-0.25, -0.2) is 4.57 Å². The van der Waals surface area contributed by atoms with Gasteiger partial charge in [0.05, 0.1) is 26.2 Å². The SMILES string of the molecule is CC/C=C\C/C=C\C/C=C\C/C=C\C/C=C\CC(=O)OC(COC(=O)CCCCCCC/C=C\C/C=C\CCC)COP(=O)(O)OCC(CO)OC(=O)CCCCCCCCCCCCC. The van der Waals surface area contributed by atoms with Crippen molar-refractivity contribution in [1.29, 1.82) is 0 Å². The number of phosphoric acid groups is 1. The molecule has 3 atom stereocenters. The second-order valence-corrected chi connectivity index (χ2v) is 18.1. The molecule has 378 valence electrons. The van der Waals surface area contributed by atoms with E-state index in [0.717, 1.165) is 96.3 Å². The Morgan fingerprint density at radius 3 is 1.39 bits per heavy atom. The third-order valence-corrected chi connectivity index (χ3v) is 11.3. The number of esters is 3. The van der Waals surface area contributed by atoms with E-state index in [9.17, 15) is 28.9 Å². The molecule has 2 N–H and O–H groups in total. The van der Waals surface area contributed by atoms with Crippen molar-refractivity contribution in [1.82, 2.24) is 0 Å². The monoisotopic (exact) mass is 947 g/mol. The highest BCUT2D eigenvalue weighted by Gasteiger charge is 2.28. The molecule has 0 saturated heterocycles. The third kappa shape index (κ3) is 45.8. The molecule has 0 spiro atoms. The van der Waals surface area contributed by atoms with Crippen molar-refractivity contribution in [3.05, 3.63) is 85.1 Å². The zero-order chi connectivity index (χ0) is 48.4. The average Bonchev–Trinajstić information content (AvgIpc) is 3.30. The number of aliphatic hydroxyl groups excluding tert-OH is 1. The fourth-order valence-electron chi connectivity index (χ4n) is 6.47. The van der Waals surface area contributed by atoms with Gasteiger partial charge in [0.1, 0.15) is 12.7 Å². The Morgan fingerprint density at radius 1 is 0.455 bits per heavy atom. The summed E-state index contributed by atoms with van der Waals surface area (Å²) in [6.45, 7) is 4.30. The number of unbranched alkanes of at least 4 members (excludes halogenated alkanes) is 16. The summed E-state index contributed by atoms with van der Waals surface area (Å²) in [7, 11) is -4.77. The Hall–Kier alpha value is -3.34. The summed E-state index contributed by atoms with van der Waals surface area (Å²) in [5, 5.41) is 9.75. The first-order chi connectivity index (χ1) is 32.2. The topological polar surface area (TPSA) is 155 Å². The van der Waals surface area contributed by atoms with Crippen molar-refractivity contribution in [3.63, 3.8) is 0 Å². The number of hydrogen-bond acceptors (Lipinski definition) is 10. The van der Waals surface area contributed by atoms with Crippen LogP contribution in [0.4, 0.5) is 0 Å². The van der Waals surface area contributed by atoms with Gasteiger partial charge < -0.3 is 24.2 Å². The lowest BCUT2D eigenvalue weighted by Crippen LogP contribution is -2.30. The number of aliphatic hydroxyl groups is 1. The predicted molar refractivity (Wildman–Crippen MR) is 270 cm³/mol. The highest BCUT2D eigenvalue weighted by molar-refractivity contribution is 7.47. The molecule has 0 aromatic carbocycles. The summed E-state index contributed by atoms with van der Waals surface area (Å²) in [5.74, 6) is -1.64. The van der Waals surface area contributed by atoms with Crippen LogP contribution in [0.2, 0.25) is 0 Å². The maximum absolute atomic E-state index is 12.8. The molecule has 0 aliphatic heterocycles. The summed E-state index contributed by atoms with van der Waals surface area (Å²) < 4.78 is 39.2. The predicted octanol–water partition coefficient (Wildman–Crippen LogP) is 14.4. The van der Waals surface area contributed by atoms with Gasteiger partial charge in [0.25, 0.3) is 0 Å². The number of phosphoric ester groups is 1. The lowest BCUT2D eigenvalue weighted by atomic mass is 10.1. The first-order valence-corrected chi connectivity index (χ1v) is 27.0. The van der Waals surface area contributed by atoms with Gasteiger partial charge in [-0.1, -0.05) is 196 Å². The van der Waals surface area contributed by atoms with E-state index in [-0.39, 0.29) is 25.9 Å². The minimum Gasteiger partial charge on any atom is -0.462 e. The molecule has 0 aliphatic rings. The molecule has 0 rings (SSSR count). The Bertz CT molecular complexity index is 1430. The molecule has 0 amide bonds. The minimum atomic E-state index is -4.77. The van der Waals surface area contributed by atoms with Gasteiger partial charge in [0, 0.05) is 12.8 Å². The van der Waals surface area contributed by atoms with Crippen LogP contribution in [0.15, 0.2) is 85.1 Å². The van der Waals surface area contributed by atoms with Crippen molar-refractivity contribution < 1.29 is 52.2 Å². The molecular weight excluding hydrogens is 856 g/mol. The number of rotatable bonds is 46. The normalized spacial score (nSPS) is 14.2. The van der Waals surface area contributed by atoms with Gasteiger partial charge in [0.15, 0.2) is 6.10 Å². The Morgan fingerprint density at radius 2 is 0.879 bits per heavy atom. The van der Waals surface area contributed by atoms with Crippen LogP contribution >= 0.6 is 7.82 Å². The second-order valence-electron chi connectivity index (χ2n) is 16.6. The molecule has 0 aromatic rings. The van der Waals surface area contributed by atoms with E-state index >= 15 is 0 Å². The van der Waals surface area contributed by atoms with Crippen LogP contribution in [0, 0.1) is 0 Å². The lowest BCUT2D eigenvalue weighted by molar-refractivity contribution is -0.160. The average molecular weight is 947 g/mol. The molecule has 3 unspecified atom stereocenters. The summed E-state index contributed by atoms with van der Waals surface area (Å²) in [6.07, 6.45) is 53.0. The summed E-state index contributed by atoms with van der Waals surface area (Å²) in [4.78, 5) is 48.2. The molecule has 0 saturated carbocycles. The van der Waals surface area contributed by atoms with E-state index in [4.69, 9.17) is 23.3 Å². The standard InChI is InChI=1S/C54H91O11P/c1-4-7-10-13-16-19-22-24-25-27-30-33-36-39-42-45-54(58)65-51(47-61-52(56)43-40-37-34-31-29-26-23-20-17-14-11-8-5-2)49-63-66(59,60)62-48-50(46-55)64-53(57)44-41-38-35-32-28-21-18-15-12-9-6-3/h7,10-11,14,16,19-20,23-25,30,33,39,42,50-51,55H,4-6,8-9,12-13,15,17-18,21-22,26-29,31-32,34-38,40-41,43-49H2,1-3H3,(H,59,60)/b10-7-,14-11-,19-16-,23-20-,25-24-,33-30-,42-39-. The first kappa shape index (κ1) is 62.7. The molecule has 0 heterocycles. The van der Waals surface area contributed by atoms with E-state index in [2.05, 4.69) is 81.5 Å². The van der Waals surface area contributed by atoms with Gasteiger partial charge in [-0.3, -0.25) is 23.4 Å². The number of carbonyl (C=O) groups excluding carboxylic acids is 3. The van der Waals surface area contributed by atoms with E-state index in [1.807, 2.05) is 18.2 Å². The quantitative estimate of drug-likeness (QED) is 0.0197. The Labute approximate surface area is 400 Å². The van der Waals surface area contributed by atoms with Crippen molar-refractivity contribution in [3.8, 4) is 0 Å². The van der Waals surface area contributed by atoms with Gasteiger partial charge in [-0.15, -0.1) is 0 Å². The molecule has 0 radical (unpaired) electrons. The highest BCUT2D eigenvalue weighted by Crippen LogP contribution is 2.43. The van der Waals surface area contributed by atoms with Crippen LogP contribution in [-0.2, 0) is 42.2 Å². The van der Waals surface area contributed by atoms with Crippen LogP contribution in [0.1, 0.15) is 201 Å². The van der Waals surface area contributed by atoms with Crippen LogP contribution in [0.5, 0.6) is 0 Å². The van der Waals surface area contributed by atoms with Crippen molar-refractivity contribution in [2.45, 2.75) is 213 Å². The largest absolute Gasteiger partial charge is 0.472 e. The fourth-order valence-corrected chi connectivity index (χ4v) is 7.25. The van der Waals surface area contributed by atoms with Gasteiger partial charge in [-0.05, 0) is 70.6 Å². The number of allylic oxidation sites excluding steroid dienone is 13. The zero-order valence-electron chi connectivity index (χ0n) is 41.4. The van der Waals surface area contributed by atoms with E-state index in [0.29, 0.717) is 19.3 Å². The van der Waals surface area contributed by atoms with Crippen LogP contribution < -0.4 is 0 Å². The highest BCUT2D eigenvalue weighted by atomic mass is 31.2. The second kappa shape index (κ2) is 48.1. The van der Waals surface area contributed by atoms with E-state index in [1.165, 1.54) is 44.9 Å². The van der Waals surface area contributed by atoms with Gasteiger partial charge >= 0.3 is 25.7 Å². The molecule has 11 nitrogen and oxygen atoms in total. The van der Waals surface area contributed by atoms with Gasteiger partial charge in [0.2, 0.25) is 0 Å². The van der Waals surface area contributed by atoms with E-state index < -0.39 is 57.8 Å². The number of ether oxygens (including phenoxy) is 3. The van der Waals surface area contributed by atoms with Crippen LogP contribution in [0.25, 0.3) is 0 Å². The number of hydrogen-bond donors (Lipinski definition) is 2. The van der Waals surface area contributed by atoms with E-state index in [1.54, 1.807) is 6.08 Å². The Balaban J connectivity index is 4.90. The van der Waals surface area contributed by atoms with Crippen molar-refractivity contribution in [2.24, 2.45) is 0 Å². The summed E-state index contributed by atoms with van der Waals surface area (Å²) in [5.41, 5.74) is 0. The van der Waals surface area contributed by atoms with Crippen molar-refractivity contribution in [2.75, 3.05) is 26.4 Å². The molecule has 12 heteroatoms. The number of carbonyl (C=O) groups is 3. The smallest absolute Gasteiger partial charge is 0.462 e. The molecule has 0 aliphatic carbocycles. The molecule has 0 aromatic heterocycles. The van der Waals surface area contributed by atoms with Crippen LogP contribution in [-0.4, -0.2) is 66.5 Å². The molecule has 0 bridgehead atoms. The summed E-state index contributed by atoms with van der Waals surface area (Å²) in [6, 6.07) is 0. The first-order valence-electron chi connectivity index (χ1n) is 25.5. The zero-order valence-corrected chi connectivity index (χ0v) is 42.3. The maximum atomic E-state index is 12.8. The molecule has 66 heavy (non-hydrogen) atoms. The van der Waals surface area contributed by atoms with Crippen molar-refractivity contribution >= 4 is 25.7 Å². The fraction of sp³-hybridized carbons (Fsp3) is 0.685. The lowest BCUT2D eigenvalue weighted by Gasteiger charge is -2.21. The Kier molecular flexibility index (Phi) is 45.7. The minimum absolute atomic E-state index is 0.0696. The third-order valence-electron chi connectivity index (χ3n) is 10.3. The summed E-state index contributed by atoms with van der Waals surface area (Å²) >= 11 is 0.